The van der Waals surface area contributed by atoms with Crippen molar-refractivity contribution in [2.24, 2.45) is 0 Å². The number of likely N-dealkylation sites (tertiary alicyclic amines) is 1. The molecule has 3 nitrogen and oxygen atoms in total. The zero-order valence-corrected chi connectivity index (χ0v) is 9.18. The van der Waals surface area contributed by atoms with E-state index in [1.807, 2.05) is 0 Å². The van der Waals surface area contributed by atoms with Crippen LogP contribution in [0, 0.1) is 0 Å². The number of halogens is 3. The van der Waals surface area contributed by atoms with Gasteiger partial charge in [-0.3, -0.25) is 4.79 Å². The lowest BCUT2D eigenvalue weighted by Gasteiger charge is -2.40. The number of carbonyl (C=O) groups excluding carboxylic acids is 1. The molecule has 1 rings (SSSR count). The second kappa shape index (κ2) is 4.61. The van der Waals surface area contributed by atoms with Crippen molar-refractivity contribution in [3.63, 3.8) is 0 Å². The first kappa shape index (κ1) is 13.3. The molecule has 1 saturated heterocycles. The van der Waals surface area contributed by atoms with Crippen LogP contribution in [0.15, 0.2) is 0 Å². The summed E-state index contributed by atoms with van der Waals surface area (Å²) in [5, 5.41) is 9.48. The molecular formula is C10H16F3NO2. The van der Waals surface area contributed by atoms with E-state index in [2.05, 4.69) is 0 Å². The summed E-state index contributed by atoms with van der Waals surface area (Å²) in [6.07, 6.45) is -3.98. The highest BCUT2D eigenvalue weighted by Gasteiger charge is 2.55. The minimum Gasteiger partial charge on any atom is -0.379 e. The Morgan fingerprint density at radius 2 is 2.12 bits per heavy atom. The summed E-state index contributed by atoms with van der Waals surface area (Å²) in [4.78, 5) is 12.6. The molecule has 1 aliphatic rings. The fraction of sp³-hybridized carbons (Fsp3) is 0.900. The number of nitrogens with zero attached hydrogens (tertiary/aromatic N) is 1. The lowest BCUT2D eigenvalue weighted by atomic mass is 9.92. The predicted octanol–water partition coefficient (Wildman–Crippen LogP) is 1.70. The molecule has 1 amide bonds. The first-order valence-electron chi connectivity index (χ1n) is 5.37. The van der Waals surface area contributed by atoms with Crippen molar-refractivity contribution in [1.29, 1.82) is 0 Å². The molecule has 1 atom stereocenters. The maximum atomic E-state index is 12.6. The molecule has 0 aliphatic carbocycles. The lowest BCUT2D eigenvalue weighted by molar-refractivity contribution is -0.272. The summed E-state index contributed by atoms with van der Waals surface area (Å²) in [5.74, 6) is -0.315. The van der Waals surface area contributed by atoms with E-state index >= 15 is 0 Å². The first-order valence-corrected chi connectivity index (χ1v) is 5.37. The summed E-state index contributed by atoms with van der Waals surface area (Å²) in [5.41, 5.74) is -2.73. The van der Waals surface area contributed by atoms with Crippen LogP contribution in [0.3, 0.4) is 0 Å². The maximum Gasteiger partial charge on any atom is 0.418 e. The smallest absolute Gasteiger partial charge is 0.379 e. The van der Waals surface area contributed by atoms with Crippen LogP contribution in [0.5, 0.6) is 0 Å². The second-order valence-electron chi connectivity index (χ2n) is 4.20. The Balaban J connectivity index is 2.70. The third-order valence-corrected chi connectivity index (χ3v) is 2.82. The average molecular weight is 239 g/mol. The highest BCUT2D eigenvalue weighted by Crippen LogP contribution is 2.37. The molecule has 6 heteroatoms. The van der Waals surface area contributed by atoms with Crippen LogP contribution in [0.4, 0.5) is 13.2 Å². The highest BCUT2D eigenvalue weighted by atomic mass is 19.4. The molecule has 0 aromatic carbocycles. The van der Waals surface area contributed by atoms with Crippen LogP contribution in [0.2, 0.25) is 0 Å². The van der Waals surface area contributed by atoms with Crippen molar-refractivity contribution >= 4 is 5.91 Å². The summed E-state index contributed by atoms with van der Waals surface area (Å²) in [7, 11) is 0. The molecule has 0 spiro atoms. The van der Waals surface area contributed by atoms with Gasteiger partial charge in [0.2, 0.25) is 5.91 Å². The van der Waals surface area contributed by atoms with Gasteiger partial charge >= 0.3 is 6.18 Å². The summed E-state index contributed by atoms with van der Waals surface area (Å²) < 4.78 is 37.7. The van der Waals surface area contributed by atoms with Crippen LogP contribution in [0.25, 0.3) is 0 Å². The van der Waals surface area contributed by atoms with Gasteiger partial charge in [0, 0.05) is 13.0 Å². The molecule has 1 aliphatic heterocycles. The van der Waals surface area contributed by atoms with E-state index in [0.29, 0.717) is 13.0 Å². The minimum absolute atomic E-state index is 0.186. The summed E-state index contributed by atoms with van der Waals surface area (Å²) >= 11 is 0. The third kappa shape index (κ3) is 2.66. The van der Waals surface area contributed by atoms with Gasteiger partial charge in [0.05, 0.1) is 6.54 Å². The molecule has 0 aromatic rings. The van der Waals surface area contributed by atoms with Crippen LogP contribution in [-0.4, -0.2) is 40.8 Å². The fourth-order valence-electron chi connectivity index (χ4n) is 1.85. The van der Waals surface area contributed by atoms with Gasteiger partial charge in [-0.05, 0) is 19.3 Å². The van der Waals surface area contributed by atoms with Gasteiger partial charge in [-0.2, -0.15) is 13.2 Å². The van der Waals surface area contributed by atoms with Crippen LogP contribution < -0.4 is 0 Å². The number of hydrogen-bond acceptors (Lipinski definition) is 2. The molecule has 1 unspecified atom stereocenters. The summed E-state index contributed by atoms with van der Waals surface area (Å²) in [6.45, 7) is 1.46. The van der Waals surface area contributed by atoms with E-state index in [1.54, 1.807) is 6.92 Å². The average Bonchev–Trinajstić information content (AvgIpc) is 2.16. The molecule has 1 fully saturated rings. The van der Waals surface area contributed by atoms with E-state index in [4.69, 9.17) is 0 Å². The number of carbonyl (C=O) groups is 1. The predicted molar refractivity (Wildman–Crippen MR) is 51.7 cm³/mol. The number of rotatable bonds is 2. The van der Waals surface area contributed by atoms with Crippen molar-refractivity contribution in [1.82, 2.24) is 4.90 Å². The molecule has 94 valence electrons. The molecule has 0 radical (unpaired) electrons. The van der Waals surface area contributed by atoms with E-state index in [1.165, 1.54) is 0 Å². The molecule has 1 heterocycles. The maximum absolute atomic E-state index is 12.6. The fourth-order valence-corrected chi connectivity index (χ4v) is 1.85. The largest absolute Gasteiger partial charge is 0.418 e. The van der Waals surface area contributed by atoms with Crippen molar-refractivity contribution in [3.8, 4) is 0 Å². The Hall–Kier alpha value is -0.780. The first-order chi connectivity index (χ1) is 7.30. The standard InChI is InChI=1S/C10H16F3NO2/c1-2-4-8(15)14-6-3-5-9(16,7-14)10(11,12)13/h16H,2-7H2,1H3. The minimum atomic E-state index is -4.67. The molecule has 1 N–H and O–H groups in total. The summed E-state index contributed by atoms with van der Waals surface area (Å²) in [6, 6.07) is 0. The Kier molecular flexibility index (Phi) is 3.83. The monoisotopic (exact) mass is 239 g/mol. The SMILES string of the molecule is CCCC(=O)N1CCCC(O)(C(F)(F)F)C1. The van der Waals surface area contributed by atoms with Gasteiger partial charge in [-0.25, -0.2) is 0 Å². The van der Waals surface area contributed by atoms with Crippen molar-refractivity contribution in [2.45, 2.75) is 44.4 Å². The topological polar surface area (TPSA) is 40.5 Å². The highest BCUT2D eigenvalue weighted by molar-refractivity contribution is 5.76. The van der Waals surface area contributed by atoms with E-state index in [9.17, 15) is 23.1 Å². The van der Waals surface area contributed by atoms with Gasteiger partial charge in [0.1, 0.15) is 0 Å². The normalized spacial score (nSPS) is 26.9. The Morgan fingerprint density at radius 1 is 1.50 bits per heavy atom. The third-order valence-electron chi connectivity index (χ3n) is 2.82. The lowest BCUT2D eigenvalue weighted by Crippen LogP contribution is -2.58. The van der Waals surface area contributed by atoms with E-state index in [0.717, 1.165) is 4.90 Å². The zero-order chi connectivity index (χ0) is 12.4. The number of aliphatic hydroxyl groups is 1. The quantitative estimate of drug-likeness (QED) is 0.796. The van der Waals surface area contributed by atoms with Crippen LogP contribution in [-0.2, 0) is 4.79 Å². The van der Waals surface area contributed by atoms with Crippen LogP contribution in [0.1, 0.15) is 32.6 Å². The number of amides is 1. The second-order valence-corrected chi connectivity index (χ2v) is 4.20. The van der Waals surface area contributed by atoms with Crippen molar-refractivity contribution in [2.75, 3.05) is 13.1 Å². The Morgan fingerprint density at radius 3 is 2.62 bits per heavy atom. The zero-order valence-electron chi connectivity index (χ0n) is 9.18. The number of hydrogen-bond donors (Lipinski definition) is 1. The van der Waals surface area contributed by atoms with Gasteiger partial charge < -0.3 is 10.0 Å². The van der Waals surface area contributed by atoms with Gasteiger partial charge in [0.15, 0.2) is 5.60 Å². The number of β-amino-alcohol motifs (C(OH)–C–C–N with tert-alkyl or cyclic N) is 1. The molecule has 16 heavy (non-hydrogen) atoms. The van der Waals surface area contributed by atoms with Crippen LogP contribution >= 0.6 is 0 Å². The van der Waals surface area contributed by atoms with E-state index < -0.39 is 18.3 Å². The number of piperidine rings is 1. The van der Waals surface area contributed by atoms with Gasteiger partial charge in [0.25, 0.3) is 0 Å². The molecule has 0 aromatic heterocycles. The van der Waals surface area contributed by atoms with Gasteiger partial charge in [-0.1, -0.05) is 6.92 Å². The molecule has 0 bridgehead atoms. The number of alkyl halides is 3. The molecular weight excluding hydrogens is 223 g/mol. The Bertz CT molecular complexity index is 267. The van der Waals surface area contributed by atoms with Gasteiger partial charge in [-0.15, -0.1) is 0 Å². The van der Waals surface area contributed by atoms with E-state index in [-0.39, 0.29) is 25.2 Å². The van der Waals surface area contributed by atoms with Crippen molar-refractivity contribution in [3.05, 3.63) is 0 Å². The van der Waals surface area contributed by atoms with Crippen molar-refractivity contribution < 1.29 is 23.1 Å². The Labute approximate surface area is 92.2 Å². The molecule has 0 saturated carbocycles.